The number of halogens is 3. The molecule has 0 aromatic heterocycles. The molecule has 0 radical (unpaired) electrons. The molecule has 7 atom stereocenters. The van der Waals surface area contributed by atoms with Crippen molar-refractivity contribution in [1.29, 1.82) is 0 Å². The zero-order valence-electron chi connectivity index (χ0n) is 16.7. The average molecular weight is 383 g/mol. The van der Waals surface area contributed by atoms with Gasteiger partial charge in [0.15, 0.2) is 0 Å². The Labute approximate surface area is 160 Å². The highest BCUT2D eigenvalue weighted by Gasteiger charge is 2.59. The van der Waals surface area contributed by atoms with Gasteiger partial charge in [-0.1, -0.05) is 25.5 Å². The van der Waals surface area contributed by atoms with Crippen molar-refractivity contribution in [2.75, 3.05) is 0 Å². The Bertz CT molecular complexity index is 656. The van der Waals surface area contributed by atoms with Crippen molar-refractivity contribution in [1.82, 2.24) is 5.32 Å². The van der Waals surface area contributed by atoms with Crippen LogP contribution in [-0.2, 0) is 4.79 Å². The van der Waals surface area contributed by atoms with Gasteiger partial charge >= 0.3 is 6.30 Å². The fourth-order valence-corrected chi connectivity index (χ4v) is 7.68. The smallest absolute Gasteiger partial charge is 0.300 e. The standard InChI is InChI=1S/C22H32F3NO/c1-13(27)17-6-7-18-16-5-4-14-12-15(26-22(23,24)25)8-10-20(14,2)19(16)9-11-21(17,18)3/h4,15-19,26H,5-12H2,1-3H3/t15?,16-,17+,18-,19-,20-,21+/m0/s1. The monoisotopic (exact) mass is 383 g/mol. The maximum Gasteiger partial charge on any atom is 0.457 e. The van der Waals surface area contributed by atoms with Gasteiger partial charge in [-0.2, -0.15) is 13.2 Å². The number of carbonyl (C=O) groups is 1. The lowest BCUT2D eigenvalue weighted by Gasteiger charge is -2.58. The third-order valence-corrected chi connectivity index (χ3v) is 8.96. The van der Waals surface area contributed by atoms with E-state index >= 15 is 0 Å². The molecule has 0 aliphatic heterocycles. The Morgan fingerprint density at radius 2 is 1.85 bits per heavy atom. The normalized spacial score (nSPS) is 46.9. The molecule has 0 amide bonds. The largest absolute Gasteiger partial charge is 0.457 e. The number of allylic oxidation sites excluding steroid dienone is 1. The van der Waals surface area contributed by atoms with Crippen molar-refractivity contribution >= 4 is 5.78 Å². The summed E-state index contributed by atoms with van der Waals surface area (Å²) in [6.07, 6.45) is 5.29. The first-order chi connectivity index (χ1) is 12.5. The van der Waals surface area contributed by atoms with Gasteiger partial charge in [-0.05, 0) is 86.9 Å². The predicted molar refractivity (Wildman–Crippen MR) is 98.9 cm³/mol. The number of ketones is 1. The lowest BCUT2D eigenvalue weighted by atomic mass is 9.47. The summed E-state index contributed by atoms with van der Waals surface area (Å²) in [7, 11) is 0. The Hall–Kier alpha value is -0.840. The third kappa shape index (κ3) is 3.08. The third-order valence-electron chi connectivity index (χ3n) is 8.96. The second-order valence-corrected chi connectivity index (χ2v) is 10.1. The summed E-state index contributed by atoms with van der Waals surface area (Å²) < 4.78 is 38.3. The molecule has 0 aromatic rings. The molecule has 3 fully saturated rings. The predicted octanol–water partition coefficient (Wildman–Crippen LogP) is 5.63. The fourth-order valence-electron chi connectivity index (χ4n) is 7.68. The van der Waals surface area contributed by atoms with Crippen LogP contribution < -0.4 is 5.32 Å². The maximum absolute atomic E-state index is 12.8. The number of hydrogen-bond acceptors (Lipinski definition) is 2. The van der Waals surface area contributed by atoms with E-state index in [1.807, 2.05) is 5.32 Å². The average Bonchev–Trinajstić information content (AvgIpc) is 2.91. The molecule has 3 saturated carbocycles. The van der Waals surface area contributed by atoms with Crippen LogP contribution in [0.3, 0.4) is 0 Å². The molecular weight excluding hydrogens is 351 g/mol. The van der Waals surface area contributed by atoms with Crippen molar-refractivity contribution in [3.8, 4) is 0 Å². The van der Waals surface area contributed by atoms with E-state index in [1.165, 1.54) is 5.57 Å². The molecule has 0 heterocycles. The molecule has 0 aromatic carbocycles. The topological polar surface area (TPSA) is 29.1 Å². The van der Waals surface area contributed by atoms with E-state index in [9.17, 15) is 18.0 Å². The molecule has 27 heavy (non-hydrogen) atoms. The van der Waals surface area contributed by atoms with Gasteiger partial charge in [0.2, 0.25) is 0 Å². The molecule has 5 heteroatoms. The summed E-state index contributed by atoms with van der Waals surface area (Å²) in [6.45, 7) is 6.39. The molecule has 0 spiro atoms. The zero-order chi connectivity index (χ0) is 19.6. The van der Waals surface area contributed by atoms with E-state index < -0.39 is 12.3 Å². The van der Waals surface area contributed by atoms with Crippen LogP contribution in [0.1, 0.15) is 72.1 Å². The van der Waals surface area contributed by atoms with Gasteiger partial charge in [-0.25, -0.2) is 5.32 Å². The summed E-state index contributed by atoms with van der Waals surface area (Å²) in [5.74, 6) is 2.29. The molecule has 0 saturated heterocycles. The Morgan fingerprint density at radius 3 is 2.52 bits per heavy atom. The minimum Gasteiger partial charge on any atom is -0.300 e. The number of carbonyl (C=O) groups excluding carboxylic acids is 1. The number of hydrogen-bond donors (Lipinski definition) is 1. The van der Waals surface area contributed by atoms with Gasteiger partial charge in [-0.3, -0.25) is 4.79 Å². The van der Waals surface area contributed by atoms with Crippen molar-refractivity contribution in [3.63, 3.8) is 0 Å². The van der Waals surface area contributed by atoms with Crippen LogP contribution in [0.5, 0.6) is 0 Å². The number of rotatable bonds is 2. The van der Waals surface area contributed by atoms with Crippen molar-refractivity contribution in [2.45, 2.75) is 84.5 Å². The summed E-state index contributed by atoms with van der Waals surface area (Å²) >= 11 is 0. The van der Waals surface area contributed by atoms with Gasteiger partial charge in [0.05, 0.1) is 0 Å². The second kappa shape index (κ2) is 6.33. The Morgan fingerprint density at radius 1 is 1.11 bits per heavy atom. The first-order valence-corrected chi connectivity index (χ1v) is 10.6. The van der Waals surface area contributed by atoms with Crippen LogP contribution in [0.4, 0.5) is 13.2 Å². The molecule has 4 aliphatic carbocycles. The van der Waals surface area contributed by atoms with E-state index in [0.717, 1.165) is 38.5 Å². The minimum absolute atomic E-state index is 0.0440. The number of Topliss-reactive ketones (excluding diaryl/α,β-unsaturated/α-hetero) is 1. The molecule has 1 unspecified atom stereocenters. The lowest BCUT2D eigenvalue weighted by molar-refractivity contribution is -0.166. The quantitative estimate of drug-likeness (QED) is 0.494. The summed E-state index contributed by atoms with van der Waals surface area (Å²) in [4.78, 5) is 12.2. The van der Waals surface area contributed by atoms with Crippen LogP contribution in [0.15, 0.2) is 11.6 Å². The highest BCUT2D eigenvalue weighted by molar-refractivity contribution is 5.79. The number of nitrogens with one attached hydrogen (secondary N) is 1. The van der Waals surface area contributed by atoms with Gasteiger partial charge in [0.25, 0.3) is 0 Å². The molecule has 152 valence electrons. The Kier molecular flexibility index (Phi) is 4.57. The number of fused-ring (bicyclic) bond motifs is 5. The summed E-state index contributed by atoms with van der Waals surface area (Å²) in [5, 5.41) is 1.86. The van der Waals surface area contributed by atoms with Crippen molar-refractivity contribution in [2.24, 2.45) is 34.5 Å². The highest BCUT2D eigenvalue weighted by atomic mass is 19.4. The van der Waals surface area contributed by atoms with Gasteiger partial charge in [0.1, 0.15) is 5.78 Å². The van der Waals surface area contributed by atoms with Crippen molar-refractivity contribution in [3.05, 3.63) is 11.6 Å². The van der Waals surface area contributed by atoms with E-state index in [-0.39, 0.29) is 16.7 Å². The van der Waals surface area contributed by atoms with Gasteiger partial charge in [-0.15, -0.1) is 0 Å². The van der Waals surface area contributed by atoms with Crippen molar-refractivity contribution < 1.29 is 18.0 Å². The van der Waals surface area contributed by atoms with Gasteiger partial charge < -0.3 is 0 Å². The van der Waals surface area contributed by atoms with Gasteiger partial charge in [0, 0.05) is 12.0 Å². The fraction of sp³-hybridized carbons (Fsp3) is 0.864. The first-order valence-electron chi connectivity index (χ1n) is 10.6. The number of alkyl halides is 3. The Balaban J connectivity index is 1.57. The van der Waals surface area contributed by atoms with Crippen LogP contribution >= 0.6 is 0 Å². The molecule has 4 rings (SSSR count). The van der Waals surface area contributed by atoms with Crippen LogP contribution in [-0.4, -0.2) is 18.1 Å². The SMILES string of the molecule is CC(=O)[C@H]1CC[C@H]2[C@@H]3CC=C4CC(NC(F)(F)F)CC[C@]4(C)[C@H]3CC[C@]12C. The van der Waals surface area contributed by atoms with E-state index in [4.69, 9.17) is 0 Å². The summed E-state index contributed by atoms with van der Waals surface area (Å²) in [6, 6.07) is -0.483. The second-order valence-electron chi connectivity index (χ2n) is 10.1. The lowest BCUT2D eigenvalue weighted by Crippen LogP contribution is -2.52. The minimum atomic E-state index is -4.30. The molecule has 0 bridgehead atoms. The van der Waals surface area contributed by atoms with Crippen LogP contribution in [0, 0.1) is 34.5 Å². The summed E-state index contributed by atoms with van der Waals surface area (Å²) in [5.41, 5.74) is 1.42. The zero-order valence-corrected chi connectivity index (χ0v) is 16.7. The molecular formula is C22H32F3NO. The molecule has 2 nitrogen and oxygen atoms in total. The first kappa shape index (κ1) is 19.5. The maximum atomic E-state index is 12.8. The molecule has 1 N–H and O–H groups in total. The van der Waals surface area contributed by atoms with Crippen LogP contribution in [0.25, 0.3) is 0 Å². The van der Waals surface area contributed by atoms with E-state index in [2.05, 4.69) is 19.9 Å². The van der Waals surface area contributed by atoms with E-state index in [0.29, 0.717) is 36.4 Å². The van der Waals surface area contributed by atoms with Crippen LogP contribution in [0.2, 0.25) is 0 Å². The molecule has 4 aliphatic rings. The highest BCUT2D eigenvalue weighted by Crippen LogP contribution is 2.66. The van der Waals surface area contributed by atoms with E-state index in [1.54, 1.807) is 6.92 Å².